The van der Waals surface area contributed by atoms with E-state index in [4.69, 9.17) is 0 Å². The summed E-state index contributed by atoms with van der Waals surface area (Å²) in [5, 5.41) is 8.41. The molecular formula is C22H14F3N3O2. The van der Waals surface area contributed by atoms with Crippen LogP contribution in [0.2, 0.25) is 0 Å². The van der Waals surface area contributed by atoms with Crippen LogP contribution in [0.5, 0.6) is 0 Å². The van der Waals surface area contributed by atoms with Crippen LogP contribution in [-0.2, 0) is 11.3 Å². The lowest BCUT2D eigenvalue weighted by Gasteiger charge is -2.10. The van der Waals surface area contributed by atoms with Crippen LogP contribution in [0, 0.1) is 17.5 Å². The normalized spacial score (nSPS) is 10.9. The lowest BCUT2D eigenvalue weighted by Crippen LogP contribution is -2.29. The zero-order valence-electron chi connectivity index (χ0n) is 15.4. The van der Waals surface area contributed by atoms with Crippen molar-refractivity contribution >= 4 is 22.4 Å². The number of hydrogen-bond donors (Lipinski definition) is 1. The second-order valence-electron chi connectivity index (χ2n) is 6.54. The van der Waals surface area contributed by atoms with Crippen molar-refractivity contribution in [1.29, 1.82) is 0 Å². The van der Waals surface area contributed by atoms with Gasteiger partial charge >= 0.3 is 0 Å². The van der Waals surface area contributed by atoms with Gasteiger partial charge in [0.25, 0.3) is 5.56 Å². The maximum atomic E-state index is 13.3. The molecule has 0 saturated carbocycles. The smallest absolute Gasteiger partial charge is 0.267 e. The number of carbonyl (C=O) groups is 1. The summed E-state index contributed by atoms with van der Waals surface area (Å²) in [5.74, 6) is -5.24. The highest BCUT2D eigenvalue weighted by molar-refractivity contribution is 5.95. The van der Waals surface area contributed by atoms with E-state index in [1.54, 1.807) is 6.07 Å². The number of fused-ring (bicyclic) bond motifs is 1. The number of hydrogen-bond acceptors (Lipinski definition) is 3. The van der Waals surface area contributed by atoms with Crippen molar-refractivity contribution in [3.63, 3.8) is 0 Å². The Labute approximate surface area is 168 Å². The van der Waals surface area contributed by atoms with Crippen LogP contribution in [0.15, 0.2) is 71.5 Å². The predicted octanol–water partition coefficient (Wildman–Crippen LogP) is 4.12. The first-order valence-electron chi connectivity index (χ1n) is 8.93. The van der Waals surface area contributed by atoms with Gasteiger partial charge in [0, 0.05) is 29.4 Å². The molecule has 0 spiro atoms. The van der Waals surface area contributed by atoms with E-state index in [0.29, 0.717) is 17.8 Å². The zero-order valence-corrected chi connectivity index (χ0v) is 15.4. The second kappa shape index (κ2) is 7.82. The zero-order chi connectivity index (χ0) is 21.3. The van der Waals surface area contributed by atoms with Gasteiger partial charge in [-0.2, -0.15) is 5.10 Å². The highest BCUT2D eigenvalue weighted by atomic mass is 19.2. The number of rotatable bonds is 4. The molecule has 4 aromatic rings. The number of nitrogens with zero attached hydrogens (tertiary/aromatic N) is 2. The molecule has 0 saturated heterocycles. The van der Waals surface area contributed by atoms with Crippen molar-refractivity contribution in [2.24, 2.45) is 0 Å². The first kappa shape index (κ1) is 19.4. The Balaban J connectivity index is 1.62. The van der Waals surface area contributed by atoms with Crippen LogP contribution in [-0.4, -0.2) is 15.7 Å². The van der Waals surface area contributed by atoms with E-state index >= 15 is 0 Å². The first-order valence-corrected chi connectivity index (χ1v) is 8.93. The fourth-order valence-corrected chi connectivity index (χ4v) is 3.12. The largest absolute Gasteiger partial charge is 0.324 e. The van der Waals surface area contributed by atoms with Crippen LogP contribution < -0.4 is 10.9 Å². The van der Waals surface area contributed by atoms with Gasteiger partial charge in [-0.3, -0.25) is 9.59 Å². The van der Waals surface area contributed by atoms with Gasteiger partial charge in [-0.25, -0.2) is 17.9 Å². The highest BCUT2D eigenvalue weighted by Gasteiger charge is 2.14. The van der Waals surface area contributed by atoms with Gasteiger partial charge in [0.1, 0.15) is 6.54 Å². The Morgan fingerprint density at radius 3 is 2.40 bits per heavy atom. The van der Waals surface area contributed by atoms with Crippen molar-refractivity contribution in [3.05, 3.63) is 94.5 Å². The minimum absolute atomic E-state index is 0.269. The van der Waals surface area contributed by atoms with Gasteiger partial charge in [-0.15, -0.1) is 0 Å². The summed E-state index contributed by atoms with van der Waals surface area (Å²) in [4.78, 5) is 24.4. The molecule has 8 heteroatoms. The van der Waals surface area contributed by atoms with Gasteiger partial charge in [0.2, 0.25) is 5.91 Å². The third-order valence-electron chi connectivity index (χ3n) is 4.49. The summed E-state index contributed by atoms with van der Waals surface area (Å²) < 4.78 is 40.6. The summed E-state index contributed by atoms with van der Waals surface area (Å²) in [6, 6.07) is 17.5. The molecule has 1 heterocycles. The SMILES string of the molecule is O=C(Cn1nc(-c2cccc3ccccc23)ccc1=O)Nc1cc(F)c(F)c(F)c1. The molecule has 1 amide bonds. The van der Waals surface area contributed by atoms with Crippen LogP contribution in [0.3, 0.4) is 0 Å². The maximum absolute atomic E-state index is 13.3. The average molecular weight is 409 g/mol. The molecule has 150 valence electrons. The Morgan fingerprint density at radius 2 is 1.63 bits per heavy atom. The minimum Gasteiger partial charge on any atom is -0.324 e. The molecular weight excluding hydrogens is 395 g/mol. The monoisotopic (exact) mass is 409 g/mol. The molecule has 0 radical (unpaired) electrons. The maximum Gasteiger partial charge on any atom is 0.267 e. The van der Waals surface area contributed by atoms with E-state index in [1.807, 2.05) is 42.5 Å². The first-order chi connectivity index (χ1) is 14.4. The molecule has 3 aromatic carbocycles. The molecule has 0 atom stereocenters. The molecule has 0 unspecified atom stereocenters. The van der Waals surface area contributed by atoms with E-state index in [0.717, 1.165) is 21.0 Å². The molecule has 30 heavy (non-hydrogen) atoms. The van der Waals surface area contributed by atoms with Gasteiger partial charge in [-0.05, 0) is 16.8 Å². The fraction of sp³-hybridized carbons (Fsp3) is 0.0455. The quantitative estimate of drug-likeness (QED) is 0.516. The third kappa shape index (κ3) is 3.80. The van der Waals surface area contributed by atoms with Gasteiger partial charge in [0.15, 0.2) is 17.5 Å². The van der Waals surface area contributed by atoms with E-state index in [2.05, 4.69) is 10.4 Å². The molecule has 0 aliphatic rings. The number of aromatic nitrogens is 2. The Bertz CT molecular complexity index is 1310. The van der Waals surface area contributed by atoms with Gasteiger partial charge < -0.3 is 5.32 Å². The van der Waals surface area contributed by atoms with Crippen LogP contribution >= 0.6 is 0 Å². The second-order valence-corrected chi connectivity index (χ2v) is 6.54. The Kier molecular flexibility index (Phi) is 5.05. The number of nitrogens with one attached hydrogen (secondary N) is 1. The van der Waals surface area contributed by atoms with E-state index < -0.39 is 35.5 Å². The Morgan fingerprint density at radius 1 is 0.933 bits per heavy atom. The molecule has 0 aliphatic heterocycles. The van der Waals surface area contributed by atoms with Gasteiger partial charge in [0.05, 0.1) is 5.69 Å². The molecule has 0 fully saturated rings. The third-order valence-corrected chi connectivity index (χ3v) is 4.49. The fourth-order valence-electron chi connectivity index (χ4n) is 3.12. The molecule has 4 rings (SSSR count). The van der Waals surface area contributed by atoms with Crippen molar-refractivity contribution in [2.45, 2.75) is 6.54 Å². The molecule has 0 bridgehead atoms. The molecule has 1 N–H and O–H groups in total. The van der Waals surface area contributed by atoms with E-state index in [1.165, 1.54) is 6.07 Å². The summed E-state index contributed by atoms with van der Waals surface area (Å²) in [6.07, 6.45) is 0. The van der Waals surface area contributed by atoms with Crippen LogP contribution in [0.4, 0.5) is 18.9 Å². The summed E-state index contributed by atoms with van der Waals surface area (Å²) in [7, 11) is 0. The van der Waals surface area contributed by atoms with Crippen molar-refractivity contribution in [2.75, 3.05) is 5.32 Å². The summed E-state index contributed by atoms with van der Waals surface area (Å²) >= 11 is 0. The lowest BCUT2D eigenvalue weighted by atomic mass is 10.0. The number of benzene rings is 3. The number of carbonyl (C=O) groups excluding carboxylic acids is 1. The average Bonchev–Trinajstić information content (AvgIpc) is 2.73. The molecule has 5 nitrogen and oxygen atoms in total. The lowest BCUT2D eigenvalue weighted by molar-refractivity contribution is -0.117. The van der Waals surface area contributed by atoms with Gasteiger partial charge in [-0.1, -0.05) is 42.5 Å². The van der Waals surface area contributed by atoms with Crippen LogP contribution in [0.1, 0.15) is 0 Å². The summed E-state index contributed by atoms with van der Waals surface area (Å²) in [5.41, 5.74) is 0.475. The molecule has 0 aliphatic carbocycles. The van der Waals surface area contributed by atoms with E-state index in [-0.39, 0.29) is 5.69 Å². The summed E-state index contributed by atoms with van der Waals surface area (Å²) in [6.45, 7) is -0.488. The standard InChI is InChI=1S/C22H14F3N3O2/c23-17-10-14(11-18(24)22(17)25)26-20(29)12-28-21(30)9-8-19(27-28)16-7-3-5-13-4-1-2-6-15(13)16/h1-11H,12H2,(H,26,29). The number of anilines is 1. The van der Waals surface area contributed by atoms with Crippen molar-refractivity contribution in [1.82, 2.24) is 9.78 Å². The minimum atomic E-state index is -1.63. The van der Waals surface area contributed by atoms with Crippen LogP contribution in [0.25, 0.3) is 22.0 Å². The predicted molar refractivity (Wildman–Crippen MR) is 106 cm³/mol. The number of halogens is 3. The van der Waals surface area contributed by atoms with Crippen molar-refractivity contribution in [3.8, 4) is 11.3 Å². The van der Waals surface area contributed by atoms with E-state index in [9.17, 15) is 22.8 Å². The highest BCUT2D eigenvalue weighted by Crippen LogP contribution is 2.26. The van der Waals surface area contributed by atoms with Crippen molar-refractivity contribution < 1.29 is 18.0 Å². The Hall–Kier alpha value is -3.94. The topological polar surface area (TPSA) is 64.0 Å². The molecule has 1 aromatic heterocycles. The number of amides is 1.